The quantitative estimate of drug-likeness (QED) is 0.225. The highest BCUT2D eigenvalue weighted by atomic mass is 16.5. The molecule has 2 fully saturated rings. The number of para-hydroxylation sites is 1. The summed E-state index contributed by atoms with van der Waals surface area (Å²) in [5.41, 5.74) is 5.30. The minimum absolute atomic E-state index is 0.301. The molecule has 3 atom stereocenters. The Morgan fingerprint density at radius 2 is 1.91 bits per heavy atom. The van der Waals surface area contributed by atoms with Gasteiger partial charge in [0.15, 0.2) is 0 Å². The highest BCUT2D eigenvalue weighted by molar-refractivity contribution is 6.02. The Hall–Kier alpha value is -5.23. The van der Waals surface area contributed by atoms with Crippen molar-refractivity contribution in [3.05, 3.63) is 67.3 Å². The van der Waals surface area contributed by atoms with E-state index in [0.29, 0.717) is 64.0 Å². The van der Waals surface area contributed by atoms with Crippen molar-refractivity contribution >= 4 is 39.8 Å². The minimum Gasteiger partial charge on any atom is -0.494 e. The van der Waals surface area contributed by atoms with Gasteiger partial charge in [-0.2, -0.15) is 0 Å². The van der Waals surface area contributed by atoms with Gasteiger partial charge in [-0.1, -0.05) is 24.8 Å². The highest BCUT2D eigenvalue weighted by Crippen LogP contribution is 2.51. The number of aromatic nitrogens is 5. The molecule has 2 N–H and O–H groups in total. The molecule has 7 rings (SSSR count). The Balaban J connectivity index is 1.30. The molecule has 12 heteroatoms. The number of ether oxygens (including phenoxy) is 1. The highest BCUT2D eigenvalue weighted by Gasteiger charge is 2.57. The maximum atomic E-state index is 12.5. The van der Waals surface area contributed by atoms with Gasteiger partial charge in [-0.05, 0) is 37.1 Å². The number of hydrogen-bond donors (Lipinski definition) is 2. The van der Waals surface area contributed by atoms with Crippen molar-refractivity contribution in [2.45, 2.75) is 13.0 Å². The Kier molecular flexibility index (Phi) is 7.00. The van der Waals surface area contributed by atoms with E-state index in [-0.39, 0.29) is 5.91 Å². The first-order valence-electron chi connectivity index (χ1n) is 14.8. The Morgan fingerprint density at radius 3 is 2.62 bits per heavy atom. The molecule has 0 bridgehead atoms. The second-order valence-electron chi connectivity index (χ2n) is 11.8. The van der Waals surface area contributed by atoms with Crippen molar-refractivity contribution in [3.8, 4) is 28.5 Å². The first kappa shape index (κ1) is 28.5. The number of benzene rings is 2. The lowest BCUT2D eigenvalue weighted by atomic mass is 10.1. The van der Waals surface area contributed by atoms with Crippen LogP contribution in [0.5, 0.6) is 5.75 Å². The summed E-state index contributed by atoms with van der Waals surface area (Å²) in [6, 6.07) is 12.3. The molecule has 45 heavy (non-hydrogen) atoms. The summed E-state index contributed by atoms with van der Waals surface area (Å²) in [6.07, 6.45) is 4.97. The lowest BCUT2D eigenvalue weighted by Gasteiger charge is -2.27. The van der Waals surface area contributed by atoms with E-state index in [0.717, 1.165) is 35.2 Å². The molecular weight excluding hydrogens is 570 g/mol. The van der Waals surface area contributed by atoms with Crippen LogP contribution < -0.4 is 20.3 Å². The summed E-state index contributed by atoms with van der Waals surface area (Å²) < 4.78 is 13.7. The third kappa shape index (κ3) is 5.06. The third-order valence-electron chi connectivity index (χ3n) is 8.86. The fourth-order valence-corrected chi connectivity index (χ4v) is 6.71. The van der Waals surface area contributed by atoms with Crippen molar-refractivity contribution < 1.29 is 13.9 Å². The predicted octanol–water partition coefficient (Wildman–Crippen LogP) is 4.87. The molecule has 1 saturated carbocycles. The number of aryl methyl sites for hydroxylation is 2. The number of hydrogen-bond acceptors (Lipinski definition) is 10. The van der Waals surface area contributed by atoms with E-state index in [9.17, 15) is 4.79 Å². The summed E-state index contributed by atoms with van der Waals surface area (Å²) in [6.45, 7) is 7.53. The van der Waals surface area contributed by atoms with Crippen LogP contribution in [0.15, 0.2) is 65.9 Å². The number of piperidine rings is 1. The van der Waals surface area contributed by atoms with Crippen LogP contribution in [0.2, 0.25) is 0 Å². The van der Waals surface area contributed by atoms with Crippen molar-refractivity contribution in [1.82, 2.24) is 29.6 Å². The molecule has 230 valence electrons. The Bertz CT molecular complexity index is 1940. The van der Waals surface area contributed by atoms with Crippen LogP contribution in [0.25, 0.3) is 33.6 Å². The number of fused-ring (bicyclic) bond motifs is 2. The summed E-state index contributed by atoms with van der Waals surface area (Å²) >= 11 is 0. The monoisotopic (exact) mass is 605 g/mol. The fraction of sp³-hybridized carbons (Fsp3) is 0.303. The first-order valence-corrected chi connectivity index (χ1v) is 14.8. The molecule has 3 aromatic heterocycles. The second-order valence-corrected chi connectivity index (χ2v) is 11.8. The van der Waals surface area contributed by atoms with Gasteiger partial charge in [0.05, 0.1) is 35.4 Å². The number of carbonyl (C=O) groups excluding carboxylic acids is 1. The van der Waals surface area contributed by atoms with Crippen LogP contribution in [-0.2, 0) is 11.8 Å². The fourth-order valence-electron chi connectivity index (χ4n) is 6.71. The van der Waals surface area contributed by atoms with Crippen LogP contribution >= 0.6 is 0 Å². The maximum Gasteiger partial charge on any atom is 0.251 e. The van der Waals surface area contributed by atoms with Crippen molar-refractivity contribution in [2.24, 2.45) is 18.9 Å². The lowest BCUT2D eigenvalue weighted by molar-refractivity contribution is -0.111. The second kappa shape index (κ2) is 11.0. The minimum atomic E-state index is -0.301. The zero-order valence-electron chi connectivity index (χ0n) is 25.9. The number of amides is 1. The van der Waals surface area contributed by atoms with Crippen molar-refractivity contribution in [1.29, 1.82) is 0 Å². The van der Waals surface area contributed by atoms with Gasteiger partial charge in [-0.3, -0.25) is 4.79 Å². The molecule has 2 aliphatic rings. The van der Waals surface area contributed by atoms with Crippen LogP contribution in [-0.4, -0.2) is 75.9 Å². The number of rotatable bonds is 9. The number of methoxy groups -OCH3 is 1. The van der Waals surface area contributed by atoms with E-state index < -0.39 is 0 Å². The number of likely N-dealkylation sites (tertiary alicyclic amines) is 1. The van der Waals surface area contributed by atoms with Gasteiger partial charge in [0.2, 0.25) is 17.7 Å². The van der Waals surface area contributed by atoms with E-state index in [1.807, 2.05) is 37.5 Å². The van der Waals surface area contributed by atoms with E-state index in [1.165, 1.54) is 6.08 Å². The number of anilines is 4. The first-order chi connectivity index (χ1) is 21.7. The zero-order valence-corrected chi connectivity index (χ0v) is 25.9. The summed E-state index contributed by atoms with van der Waals surface area (Å²) in [5.74, 6) is 2.60. The van der Waals surface area contributed by atoms with Gasteiger partial charge < -0.3 is 34.2 Å². The van der Waals surface area contributed by atoms with E-state index in [1.54, 1.807) is 20.2 Å². The molecule has 1 aliphatic heterocycles. The molecule has 2 aromatic carbocycles. The number of nitrogens with zero attached hydrogens (tertiary/aromatic N) is 7. The average molecular weight is 606 g/mol. The topological polar surface area (TPSA) is 126 Å². The SMILES string of the molecule is C=CC(=O)Nc1cc(Nc2ncc(-c3nnc(C)o3)c(-c3cn(C)c4ccccc34)n2)c(OC)cc1N(C)[C@H]1C2CN(C)C[C@@H]21. The van der Waals surface area contributed by atoms with Crippen LogP contribution in [0.4, 0.5) is 23.0 Å². The standard InChI is InChI=1S/C33H35N9O3/c1-7-29(43)35-24-12-25(28(44-6)13-27(24)42(5)31-22-15-40(3)16-23(22)31)36-33-34-14-20(32-39-38-18(2)45-32)30(37-33)21-17-41(4)26-11-9-8-10-19(21)26/h7-14,17,22-23,31H,1,15-16H2,2-6H3,(H,35,43)(H,34,36,37)/t22-,23?,31+/m0/s1. The summed E-state index contributed by atoms with van der Waals surface area (Å²) in [7, 11) is 7.85. The molecule has 5 aromatic rings. The predicted molar refractivity (Wildman–Crippen MR) is 174 cm³/mol. The molecule has 12 nitrogen and oxygen atoms in total. The molecule has 1 aliphatic carbocycles. The van der Waals surface area contributed by atoms with Gasteiger partial charge in [-0.25, -0.2) is 9.97 Å². The normalized spacial score (nSPS) is 18.9. The summed E-state index contributed by atoms with van der Waals surface area (Å²) in [4.78, 5) is 26.8. The maximum absolute atomic E-state index is 12.5. The van der Waals surface area contributed by atoms with Crippen LogP contribution in [0.3, 0.4) is 0 Å². The van der Waals surface area contributed by atoms with Crippen LogP contribution in [0.1, 0.15) is 5.89 Å². The smallest absolute Gasteiger partial charge is 0.251 e. The Morgan fingerprint density at radius 1 is 1.13 bits per heavy atom. The lowest BCUT2D eigenvalue weighted by Crippen LogP contribution is -2.31. The van der Waals surface area contributed by atoms with Gasteiger partial charge in [0.1, 0.15) is 5.75 Å². The van der Waals surface area contributed by atoms with E-state index in [4.69, 9.17) is 14.1 Å². The largest absolute Gasteiger partial charge is 0.494 e. The van der Waals surface area contributed by atoms with Crippen molar-refractivity contribution in [3.63, 3.8) is 0 Å². The molecule has 4 heterocycles. The molecule has 1 unspecified atom stereocenters. The third-order valence-corrected chi connectivity index (χ3v) is 8.86. The van der Waals surface area contributed by atoms with Gasteiger partial charge in [-0.15, -0.1) is 10.2 Å². The molecule has 1 amide bonds. The number of nitrogens with one attached hydrogen (secondary N) is 2. The molecule has 1 saturated heterocycles. The zero-order chi connectivity index (χ0) is 31.4. The molecular formula is C33H35N9O3. The van der Waals surface area contributed by atoms with Gasteiger partial charge in [0.25, 0.3) is 5.89 Å². The van der Waals surface area contributed by atoms with Gasteiger partial charge >= 0.3 is 0 Å². The molecule has 0 spiro atoms. The van der Waals surface area contributed by atoms with Crippen LogP contribution in [0, 0.1) is 18.8 Å². The average Bonchev–Trinajstić information content (AvgIpc) is 3.34. The van der Waals surface area contributed by atoms with E-state index in [2.05, 4.69) is 73.0 Å². The molecule has 0 radical (unpaired) electrons. The van der Waals surface area contributed by atoms with E-state index >= 15 is 0 Å². The summed E-state index contributed by atoms with van der Waals surface area (Å²) in [5, 5.41) is 15.6. The van der Waals surface area contributed by atoms with Gasteiger partial charge in [0, 0.05) is 75.1 Å². The number of carbonyl (C=O) groups is 1. The Labute approximate surface area is 260 Å². The van der Waals surface area contributed by atoms with Crippen molar-refractivity contribution in [2.75, 3.05) is 49.8 Å².